The summed E-state index contributed by atoms with van der Waals surface area (Å²) in [4.78, 5) is 36.2. The van der Waals surface area contributed by atoms with Crippen molar-refractivity contribution in [2.45, 2.75) is 18.9 Å². The first-order valence-corrected chi connectivity index (χ1v) is 9.67. The van der Waals surface area contributed by atoms with Crippen LogP contribution in [0.15, 0.2) is 48.5 Å². The Bertz CT molecular complexity index is 971. The summed E-state index contributed by atoms with van der Waals surface area (Å²) in [6.07, 6.45) is 4.56. The lowest BCUT2D eigenvalue weighted by Crippen LogP contribution is -2.27. The zero-order valence-electron chi connectivity index (χ0n) is 15.3. The van der Waals surface area contributed by atoms with Crippen LogP contribution in [-0.4, -0.2) is 30.4 Å². The van der Waals surface area contributed by atoms with Crippen LogP contribution in [-0.2, 0) is 14.3 Å². The normalized spacial score (nSPS) is 13.2. The van der Waals surface area contributed by atoms with Crippen LogP contribution >= 0.6 is 23.2 Å². The summed E-state index contributed by atoms with van der Waals surface area (Å²) in [7, 11) is 0. The highest BCUT2D eigenvalue weighted by molar-refractivity contribution is 6.35. The first-order valence-electron chi connectivity index (χ1n) is 8.92. The molecule has 3 rings (SSSR count). The van der Waals surface area contributed by atoms with Gasteiger partial charge >= 0.3 is 5.97 Å². The Balaban J connectivity index is 1.52. The van der Waals surface area contributed by atoms with Crippen molar-refractivity contribution in [1.82, 2.24) is 5.32 Å². The monoisotopic (exact) mass is 432 g/mol. The van der Waals surface area contributed by atoms with Crippen LogP contribution in [0.1, 0.15) is 28.8 Å². The van der Waals surface area contributed by atoms with Gasteiger partial charge in [0.15, 0.2) is 6.61 Å². The average Bonchev–Trinajstić information content (AvgIpc) is 3.50. The molecule has 0 aliphatic heterocycles. The van der Waals surface area contributed by atoms with E-state index in [4.69, 9.17) is 27.9 Å². The van der Waals surface area contributed by atoms with Gasteiger partial charge in [0, 0.05) is 22.2 Å². The fourth-order valence-electron chi connectivity index (χ4n) is 2.45. The van der Waals surface area contributed by atoms with E-state index in [1.165, 1.54) is 12.2 Å². The number of carbonyl (C=O) groups excluding carboxylic acids is 3. The van der Waals surface area contributed by atoms with Gasteiger partial charge in [-0.05, 0) is 48.7 Å². The van der Waals surface area contributed by atoms with Crippen LogP contribution in [0.5, 0.6) is 0 Å². The van der Waals surface area contributed by atoms with E-state index in [0.717, 1.165) is 12.8 Å². The van der Waals surface area contributed by atoms with Crippen molar-refractivity contribution in [2.24, 2.45) is 0 Å². The van der Waals surface area contributed by atoms with Gasteiger partial charge in [-0.3, -0.25) is 9.59 Å². The number of amides is 2. The molecule has 0 aromatic heterocycles. The molecule has 0 atom stereocenters. The number of anilines is 1. The number of nitrogens with one attached hydrogen (secondary N) is 2. The Hall–Kier alpha value is -2.83. The fourth-order valence-corrected chi connectivity index (χ4v) is 2.92. The van der Waals surface area contributed by atoms with Crippen molar-refractivity contribution in [3.05, 3.63) is 69.7 Å². The second-order valence-corrected chi connectivity index (χ2v) is 7.29. The number of esters is 1. The summed E-state index contributed by atoms with van der Waals surface area (Å²) in [6.45, 7) is -0.490. The number of ether oxygens (including phenoxy) is 1. The van der Waals surface area contributed by atoms with Crippen molar-refractivity contribution in [2.75, 3.05) is 11.9 Å². The Kier molecular flexibility index (Phi) is 6.90. The summed E-state index contributed by atoms with van der Waals surface area (Å²) in [6, 6.07) is 11.7. The number of hydrogen-bond donors (Lipinski definition) is 2. The molecule has 0 spiro atoms. The Morgan fingerprint density at radius 1 is 1.10 bits per heavy atom. The molecule has 150 valence electrons. The topological polar surface area (TPSA) is 84.5 Å². The molecule has 0 bridgehead atoms. The fraction of sp³-hybridized carbons (Fsp3) is 0.190. The molecular weight excluding hydrogens is 415 g/mol. The molecule has 0 radical (unpaired) electrons. The van der Waals surface area contributed by atoms with E-state index >= 15 is 0 Å². The smallest absolute Gasteiger partial charge is 0.331 e. The number of hydrogen-bond acceptors (Lipinski definition) is 4. The van der Waals surface area contributed by atoms with E-state index in [1.807, 2.05) is 0 Å². The minimum absolute atomic E-state index is 0.202. The molecule has 1 fully saturated rings. The second kappa shape index (κ2) is 9.58. The number of rotatable bonds is 7. The largest absolute Gasteiger partial charge is 0.452 e. The lowest BCUT2D eigenvalue weighted by molar-refractivity contribution is -0.142. The number of halogens is 2. The summed E-state index contributed by atoms with van der Waals surface area (Å²) in [5, 5.41) is 6.34. The molecule has 2 aromatic carbocycles. The molecule has 1 aliphatic rings. The minimum Gasteiger partial charge on any atom is -0.452 e. The first-order chi connectivity index (χ1) is 13.9. The van der Waals surface area contributed by atoms with Crippen molar-refractivity contribution in [3.63, 3.8) is 0 Å². The van der Waals surface area contributed by atoms with Gasteiger partial charge in [0.1, 0.15) is 0 Å². The van der Waals surface area contributed by atoms with E-state index in [1.54, 1.807) is 42.5 Å². The molecule has 6 nitrogen and oxygen atoms in total. The SMILES string of the molecule is O=C(COC(=O)/C=C/c1ccc(Cl)cc1Cl)Nc1ccccc1C(=O)NC1CC1. The van der Waals surface area contributed by atoms with Crippen molar-refractivity contribution < 1.29 is 19.1 Å². The van der Waals surface area contributed by atoms with Crippen molar-refractivity contribution >= 4 is 52.7 Å². The second-order valence-electron chi connectivity index (χ2n) is 6.45. The Morgan fingerprint density at radius 3 is 2.59 bits per heavy atom. The van der Waals surface area contributed by atoms with Crippen molar-refractivity contribution in [1.29, 1.82) is 0 Å². The van der Waals surface area contributed by atoms with Crippen LogP contribution in [0.2, 0.25) is 10.0 Å². The van der Waals surface area contributed by atoms with E-state index < -0.39 is 18.5 Å². The van der Waals surface area contributed by atoms with Crippen LogP contribution in [0.25, 0.3) is 6.08 Å². The Labute approximate surface area is 177 Å². The van der Waals surface area contributed by atoms with Crippen LogP contribution < -0.4 is 10.6 Å². The molecule has 29 heavy (non-hydrogen) atoms. The van der Waals surface area contributed by atoms with E-state index in [0.29, 0.717) is 26.9 Å². The lowest BCUT2D eigenvalue weighted by atomic mass is 10.1. The molecule has 0 saturated heterocycles. The molecule has 2 aromatic rings. The average molecular weight is 433 g/mol. The number of carbonyl (C=O) groups is 3. The van der Waals surface area contributed by atoms with E-state index in [2.05, 4.69) is 10.6 Å². The number of para-hydroxylation sites is 1. The standard InChI is InChI=1S/C21H18Cl2N2O4/c22-14-7-5-13(17(23)11-14)6-10-20(27)29-12-19(26)25-18-4-2-1-3-16(18)21(28)24-15-8-9-15/h1-7,10-11,15H,8-9,12H2,(H,24,28)(H,25,26)/b10-6+. The highest BCUT2D eigenvalue weighted by atomic mass is 35.5. The maximum Gasteiger partial charge on any atom is 0.331 e. The zero-order valence-corrected chi connectivity index (χ0v) is 16.8. The van der Waals surface area contributed by atoms with Gasteiger partial charge in [0.2, 0.25) is 0 Å². The van der Waals surface area contributed by atoms with Crippen LogP contribution in [0.4, 0.5) is 5.69 Å². The van der Waals surface area contributed by atoms with Crippen molar-refractivity contribution in [3.8, 4) is 0 Å². The third-order valence-corrected chi connectivity index (χ3v) is 4.63. The molecule has 1 saturated carbocycles. The van der Waals surface area contributed by atoms with Crippen LogP contribution in [0, 0.1) is 0 Å². The molecule has 0 heterocycles. The summed E-state index contributed by atoms with van der Waals surface area (Å²) in [5.41, 5.74) is 1.31. The quantitative estimate of drug-likeness (QED) is 0.509. The maximum absolute atomic E-state index is 12.3. The van der Waals surface area contributed by atoms with E-state index in [9.17, 15) is 14.4 Å². The van der Waals surface area contributed by atoms with Gasteiger partial charge in [-0.15, -0.1) is 0 Å². The third-order valence-electron chi connectivity index (χ3n) is 4.07. The predicted octanol–water partition coefficient (Wildman–Crippen LogP) is 4.08. The zero-order chi connectivity index (χ0) is 20.8. The van der Waals surface area contributed by atoms with Gasteiger partial charge in [0.25, 0.3) is 11.8 Å². The molecule has 2 amide bonds. The van der Waals surface area contributed by atoms with Gasteiger partial charge in [0.05, 0.1) is 11.3 Å². The summed E-state index contributed by atoms with van der Waals surface area (Å²) < 4.78 is 4.93. The molecular formula is C21H18Cl2N2O4. The van der Waals surface area contributed by atoms with Gasteiger partial charge in [-0.2, -0.15) is 0 Å². The molecule has 1 aliphatic carbocycles. The number of benzene rings is 2. The molecule has 2 N–H and O–H groups in total. The summed E-state index contributed by atoms with van der Waals surface area (Å²) in [5.74, 6) is -1.50. The van der Waals surface area contributed by atoms with Gasteiger partial charge in [-0.25, -0.2) is 4.79 Å². The first kappa shape index (κ1) is 20.9. The summed E-state index contributed by atoms with van der Waals surface area (Å²) >= 11 is 11.8. The van der Waals surface area contributed by atoms with Gasteiger partial charge < -0.3 is 15.4 Å². The highest BCUT2D eigenvalue weighted by Crippen LogP contribution is 2.22. The van der Waals surface area contributed by atoms with E-state index in [-0.39, 0.29) is 11.9 Å². The molecule has 8 heteroatoms. The lowest BCUT2D eigenvalue weighted by Gasteiger charge is -2.11. The third kappa shape index (κ3) is 6.34. The maximum atomic E-state index is 12.3. The predicted molar refractivity (Wildman–Crippen MR) is 112 cm³/mol. The van der Waals surface area contributed by atoms with Crippen LogP contribution in [0.3, 0.4) is 0 Å². The minimum atomic E-state index is -0.703. The van der Waals surface area contributed by atoms with Gasteiger partial charge in [-0.1, -0.05) is 41.4 Å². The highest BCUT2D eigenvalue weighted by Gasteiger charge is 2.25. The molecule has 0 unspecified atom stereocenters. The Morgan fingerprint density at radius 2 is 1.86 bits per heavy atom.